The third-order valence-corrected chi connectivity index (χ3v) is 10.7. The quantitative estimate of drug-likeness (QED) is 0.0717. The lowest BCUT2D eigenvalue weighted by molar-refractivity contribution is -0.0170. The molecule has 1 aliphatic rings. The zero-order valence-corrected chi connectivity index (χ0v) is 36.4. The molecule has 0 spiro atoms. The van der Waals surface area contributed by atoms with Crippen molar-refractivity contribution in [2.45, 2.75) is 200 Å². The van der Waals surface area contributed by atoms with Crippen LogP contribution in [0.5, 0.6) is 0 Å². The minimum Gasteiger partial charge on any atom is -0.444 e. The van der Waals surface area contributed by atoms with Crippen molar-refractivity contribution in [2.24, 2.45) is 0 Å². The molecule has 1 N–H and O–H groups in total. The van der Waals surface area contributed by atoms with Crippen molar-refractivity contribution in [3.63, 3.8) is 0 Å². The van der Waals surface area contributed by atoms with Crippen LogP contribution in [0, 0.1) is 0 Å². The van der Waals surface area contributed by atoms with Crippen molar-refractivity contribution in [3.8, 4) is 0 Å². The number of ether oxygens (including phenoxy) is 3. The summed E-state index contributed by atoms with van der Waals surface area (Å²) in [5.74, 6) is -0.106. The van der Waals surface area contributed by atoms with Crippen molar-refractivity contribution in [1.29, 1.82) is 0 Å². The van der Waals surface area contributed by atoms with Gasteiger partial charge in [-0.3, -0.25) is 4.79 Å². The summed E-state index contributed by atoms with van der Waals surface area (Å²) in [7, 11) is 0. The van der Waals surface area contributed by atoms with Gasteiger partial charge < -0.3 is 29.3 Å². The van der Waals surface area contributed by atoms with Crippen LogP contribution in [-0.2, 0) is 14.2 Å². The van der Waals surface area contributed by atoms with E-state index < -0.39 is 5.60 Å². The minimum absolute atomic E-state index is 0.106. The van der Waals surface area contributed by atoms with E-state index in [9.17, 15) is 9.59 Å². The number of nitrogens with zero attached hydrogens (tertiary/aromatic N) is 2. The van der Waals surface area contributed by atoms with Gasteiger partial charge in [-0.05, 0) is 45.7 Å². The lowest BCUT2D eigenvalue weighted by Gasteiger charge is -2.37. The van der Waals surface area contributed by atoms with E-state index in [1.165, 1.54) is 141 Å². The summed E-state index contributed by atoms with van der Waals surface area (Å²) in [6.07, 6.45) is 31.2. The van der Waals surface area contributed by atoms with Crippen LogP contribution < -0.4 is 10.2 Å². The van der Waals surface area contributed by atoms with E-state index in [0.717, 1.165) is 25.1 Å². The first kappa shape index (κ1) is 48.8. The van der Waals surface area contributed by atoms with E-state index in [-0.39, 0.29) is 18.1 Å². The molecule has 0 saturated carbocycles. The summed E-state index contributed by atoms with van der Waals surface area (Å²) in [6.45, 7) is 14.9. The molecule has 0 radical (unpaired) electrons. The maximum absolute atomic E-state index is 13.6. The van der Waals surface area contributed by atoms with E-state index in [1.807, 2.05) is 45.0 Å². The maximum atomic E-state index is 13.6. The number of anilines is 1. The Morgan fingerprint density at radius 2 is 1.09 bits per heavy atom. The zero-order valence-electron chi connectivity index (χ0n) is 36.4. The zero-order chi connectivity index (χ0) is 39.8. The van der Waals surface area contributed by atoms with Crippen molar-refractivity contribution >= 4 is 17.7 Å². The molecule has 1 heterocycles. The second-order valence-corrected chi connectivity index (χ2v) is 17.0. The molecule has 1 unspecified atom stereocenters. The Labute approximate surface area is 338 Å². The fourth-order valence-corrected chi connectivity index (χ4v) is 7.32. The van der Waals surface area contributed by atoms with Gasteiger partial charge in [0.1, 0.15) is 5.60 Å². The van der Waals surface area contributed by atoms with E-state index >= 15 is 0 Å². The Kier molecular flexibility index (Phi) is 28.2. The second-order valence-electron chi connectivity index (χ2n) is 17.0. The topological polar surface area (TPSA) is 80.3 Å². The van der Waals surface area contributed by atoms with Crippen molar-refractivity contribution in [1.82, 2.24) is 10.2 Å². The van der Waals surface area contributed by atoms with Gasteiger partial charge in [-0.2, -0.15) is 0 Å². The van der Waals surface area contributed by atoms with Crippen LogP contribution in [0.15, 0.2) is 24.3 Å². The number of rotatable bonds is 33. The molecular formula is C47H85N3O5. The number of hydrogen-bond donors (Lipinski definition) is 1. The lowest BCUT2D eigenvalue weighted by Crippen LogP contribution is -2.50. The number of para-hydroxylation sites is 1. The molecule has 0 aromatic heterocycles. The molecule has 0 bridgehead atoms. The van der Waals surface area contributed by atoms with E-state index in [1.54, 1.807) is 4.90 Å². The molecule has 2 amide bonds. The summed E-state index contributed by atoms with van der Waals surface area (Å²) in [5.41, 5.74) is 1.01. The van der Waals surface area contributed by atoms with Gasteiger partial charge in [0.15, 0.2) is 0 Å². The number of carbonyl (C=O) groups is 2. The smallest absolute Gasteiger partial charge is 0.410 e. The number of nitrogens with one attached hydrogen (secondary N) is 1. The fourth-order valence-electron chi connectivity index (χ4n) is 7.32. The first-order valence-corrected chi connectivity index (χ1v) is 23.0. The Bertz CT molecular complexity index is 1080. The van der Waals surface area contributed by atoms with Gasteiger partial charge in [0.2, 0.25) is 0 Å². The third kappa shape index (κ3) is 24.8. The van der Waals surface area contributed by atoms with Gasteiger partial charge in [0.25, 0.3) is 5.91 Å². The van der Waals surface area contributed by atoms with E-state index in [4.69, 9.17) is 14.2 Å². The van der Waals surface area contributed by atoms with Gasteiger partial charge in [0, 0.05) is 51.6 Å². The largest absolute Gasteiger partial charge is 0.444 e. The minimum atomic E-state index is -0.523. The molecule has 0 aliphatic carbocycles. The Morgan fingerprint density at radius 3 is 1.58 bits per heavy atom. The van der Waals surface area contributed by atoms with Crippen molar-refractivity contribution < 1.29 is 23.8 Å². The molecule has 1 saturated heterocycles. The highest BCUT2D eigenvalue weighted by Crippen LogP contribution is 2.23. The number of unbranched alkanes of at least 4 members (excludes halogenated alkanes) is 22. The molecule has 1 fully saturated rings. The average molecular weight is 772 g/mol. The number of hydrogen-bond acceptors (Lipinski definition) is 6. The predicted molar refractivity (Wildman–Crippen MR) is 232 cm³/mol. The molecule has 1 atom stereocenters. The van der Waals surface area contributed by atoms with Crippen LogP contribution in [0.4, 0.5) is 10.5 Å². The van der Waals surface area contributed by atoms with E-state index in [0.29, 0.717) is 51.5 Å². The number of benzene rings is 1. The van der Waals surface area contributed by atoms with Crippen LogP contribution >= 0.6 is 0 Å². The standard InChI is InChI=1S/C47H85N3O5/c1-6-8-10-12-14-16-18-20-22-24-26-30-38-53-41-42(54-39-31-27-25-23-21-19-17-15-13-11-9-7-2)40-48-45(51)43-32-28-29-33-44(43)49-34-36-50(37-35-49)46(52)55-47(3,4)5/h28-29,32-33,42H,6-27,30-31,34-41H2,1-5H3,(H,48,51). The van der Waals surface area contributed by atoms with Crippen molar-refractivity contribution in [2.75, 3.05) is 57.4 Å². The number of piperazine rings is 1. The predicted octanol–water partition coefficient (Wildman–Crippen LogP) is 12.3. The van der Waals surface area contributed by atoms with Crippen molar-refractivity contribution in [3.05, 3.63) is 29.8 Å². The first-order chi connectivity index (χ1) is 26.7. The molecule has 8 heteroatoms. The summed E-state index contributed by atoms with van der Waals surface area (Å²) < 4.78 is 18.1. The highest BCUT2D eigenvalue weighted by molar-refractivity contribution is 5.99. The fraction of sp³-hybridized carbons (Fsp3) is 0.830. The highest BCUT2D eigenvalue weighted by Gasteiger charge is 2.27. The van der Waals surface area contributed by atoms with Crippen LogP contribution in [0.2, 0.25) is 0 Å². The number of amides is 2. The molecular weight excluding hydrogens is 687 g/mol. The van der Waals surface area contributed by atoms with Gasteiger partial charge in [-0.25, -0.2) is 4.79 Å². The van der Waals surface area contributed by atoms with Gasteiger partial charge in [-0.1, -0.05) is 167 Å². The highest BCUT2D eigenvalue weighted by atomic mass is 16.6. The molecule has 55 heavy (non-hydrogen) atoms. The van der Waals surface area contributed by atoms with E-state index in [2.05, 4.69) is 24.1 Å². The van der Waals surface area contributed by atoms with Gasteiger partial charge in [0.05, 0.1) is 18.3 Å². The maximum Gasteiger partial charge on any atom is 0.410 e. The summed E-state index contributed by atoms with van der Waals surface area (Å²) in [5, 5.41) is 3.17. The second kappa shape index (κ2) is 31.7. The summed E-state index contributed by atoms with van der Waals surface area (Å²) in [6, 6.07) is 7.76. The Balaban J connectivity index is 1.76. The average Bonchev–Trinajstić information content (AvgIpc) is 3.17. The first-order valence-electron chi connectivity index (χ1n) is 23.0. The molecule has 1 aromatic rings. The van der Waals surface area contributed by atoms with Crippen LogP contribution in [0.25, 0.3) is 0 Å². The van der Waals surface area contributed by atoms with Crippen LogP contribution in [0.3, 0.4) is 0 Å². The SMILES string of the molecule is CCCCCCCCCCCCCCOCC(CNC(=O)c1ccccc1N1CCN(C(=O)OC(C)(C)C)CC1)OCCCCCCCCCCCCCC. The summed E-state index contributed by atoms with van der Waals surface area (Å²) >= 11 is 0. The molecule has 2 rings (SSSR count). The molecule has 8 nitrogen and oxygen atoms in total. The van der Waals surface area contributed by atoms with Crippen LogP contribution in [0.1, 0.15) is 199 Å². The van der Waals surface area contributed by atoms with Gasteiger partial charge >= 0.3 is 6.09 Å². The monoisotopic (exact) mass is 772 g/mol. The Hall–Kier alpha value is -2.32. The number of carbonyl (C=O) groups excluding carboxylic acids is 2. The molecule has 318 valence electrons. The Morgan fingerprint density at radius 1 is 0.636 bits per heavy atom. The molecule has 1 aromatic carbocycles. The van der Waals surface area contributed by atoms with Crippen LogP contribution in [-0.4, -0.2) is 81.1 Å². The summed E-state index contributed by atoms with van der Waals surface area (Å²) in [4.78, 5) is 30.2. The third-order valence-electron chi connectivity index (χ3n) is 10.7. The van der Waals surface area contributed by atoms with Gasteiger partial charge in [-0.15, -0.1) is 0 Å². The normalized spacial score (nSPS) is 14.0. The molecule has 1 aliphatic heterocycles. The lowest BCUT2D eigenvalue weighted by atomic mass is 10.1.